The standard InChI is InChI=1S/C19H28N2O2/c1-3-11-21-15-7-6-8-16(21)13-14(12-15)20-19(22)17-9-4-5-10-18(17)23-2/h4-5,9-10,14-16H,3,6-8,11-13H2,1-2H3,(H,20,22)/p+1/t14?,15-,16+. The van der Waals surface area contributed by atoms with Crippen LogP contribution in [0.1, 0.15) is 55.8 Å². The van der Waals surface area contributed by atoms with E-state index in [1.807, 2.05) is 24.3 Å². The number of benzene rings is 1. The van der Waals surface area contributed by atoms with Gasteiger partial charge in [0.15, 0.2) is 0 Å². The Bertz CT molecular complexity index is 532. The van der Waals surface area contributed by atoms with Crippen molar-refractivity contribution in [1.29, 1.82) is 0 Å². The molecule has 1 amide bonds. The fraction of sp³-hybridized carbons (Fsp3) is 0.632. The smallest absolute Gasteiger partial charge is 0.255 e. The highest BCUT2D eigenvalue weighted by molar-refractivity contribution is 5.97. The van der Waals surface area contributed by atoms with Crippen LogP contribution >= 0.6 is 0 Å². The van der Waals surface area contributed by atoms with Crippen LogP contribution in [0.15, 0.2) is 24.3 Å². The Kier molecular flexibility index (Phi) is 5.21. The van der Waals surface area contributed by atoms with Gasteiger partial charge in [-0.3, -0.25) is 4.79 Å². The van der Waals surface area contributed by atoms with Crippen LogP contribution in [-0.4, -0.2) is 37.7 Å². The molecule has 0 radical (unpaired) electrons. The number of nitrogens with one attached hydrogen (secondary N) is 2. The summed E-state index contributed by atoms with van der Waals surface area (Å²) < 4.78 is 5.31. The Balaban J connectivity index is 1.66. The number of quaternary nitrogens is 1. The molecule has 2 N–H and O–H groups in total. The first kappa shape index (κ1) is 16.3. The summed E-state index contributed by atoms with van der Waals surface area (Å²) in [5, 5.41) is 3.27. The second kappa shape index (κ2) is 7.35. The molecule has 2 unspecified atom stereocenters. The minimum atomic E-state index is 0.00413. The van der Waals surface area contributed by atoms with Crippen LogP contribution in [0.3, 0.4) is 0 Å². The summed E-state index contributed by atoms with van der Waals surface area (Å²) >= 11 is 0. The molecule has 23 heavy (non-hydrogen) atoms. The van der Waals surface area contributed by atoms with Crippen molar-refractivity contribution in [2.75, 3.05) is 13.7 Å². The topological polar surface area (TPSA) is 42.8 Å². The third-order valence-electron chi connectivity index (χ3n) is 5.52. The van der Waals surface area contributed by atoms with Gasteiger partial charge in [-0.05, 0) is 37.8 Å². The van der Waals surface area contributed by atoms with Gasteiger partial charge in [0.05, 0.1) is 31.3 Å². The highest BCUT2D eigenvalue weighted by Crippen LogP contribution is 2.23. The number of hydrogen-bond donors (Lipinski definition) is 2. The summed E-state index contributed by atoms with van der Waals surface area (Å²) in [5.74, 6) is 0.656. The summed E-state index contributed by atoms with van der Waals surface area (Å²) in [6.45, 7) is 3.56. The van der Waals surface area contributed by atoms with Gasteiger partial charge in [-0.2, -0.15) is 0 Å². The summed E-state index contributed by atoms with van der Waals surface area (Å²) in [5.41, 5.74) is 0.642. The molecule has 4 heteroatoms. The molecule has 126 valence electrons. The van der Waals surface area contributed by atoms with Gasteiger partial charge in [0.25, 0.3) is 5.91 Å². The maximum absolute atomic E-state index is 12.6. The van der Waals surface area contributed by atoms with Crippen LogP contribution in [-0.2, 0) is 0 Å². The Morgan fingerprint density at radius 3 is 2.61 bits per heavy atom. The molecule has 2 saturated heterocycles. The van der Waals surface area contributed by atoms with Gasteiger partial charge in [-0.1, -0.05) is 19.1 Å². The fourth-order valence-corrected chi connectivity index (χ4v) is 4.55. The normalized spacial score (nSPS) is 29.8. The van der Waals surface area contributed by atoms with Crippen molar-refractivity contribution < 1.29 is 14.4 Å². The average molecular weight is 317 g/mol. The molecule has 2 aliphatic heterocycles. The number of hydrogen-bond acceptors (Lipinski definition) is 2. The zero-order valence-corrected chi connectivity index (χ0v) is 14.3. The predicted molar refractivity (Wildman–Crippen MR) is 91.0 cm³/mol. The van der Waals surface area contributed by atoms with Gasteiger partial charge in [0.1, 0.15) is 5.75 Å². The van der Waals surface area contributed by atoms with E-state index in [4.69, 9.17) is 4.74 Å². The van der Waals surface area contributed by atoms with Crippen molar-refractivity contribution in [1.82, 2.24) is 5.32 Å². The van der Waals surface area contributed by atoms with Crippen LogP contribution < -0.4 is 15.0 Å². The minimum absolute atomic E-state index is 0.00413. The molecule has 4 nitrogen and oxygen atoms in total. The van der Waals surface area contributed by atoms with E-state index in [2.05, 4.69) is 12.2 Å². The van der Waals surface area contributed by atoms with Gasteiger partial charge in [0, 0.05) is 18.9 Å². The average Bonchev–Trinajstić information content (AvgIpc) is 2.55. The highest BCUT2D eigenvalue weighted by Gasteiger charge is 2.41. The molecule has 0 aliphatic carbocycles. The van der Waals surface area contributed by atoms with Gasteiger partial charge >= 0.3 is 0 Å². The van der Waals surface area contributed by atoms with E-state index in [0.29, 0.717) is 17.4 Å². The van der Waals surface area contributed by atoms with Crippen molar-refractivity contribution in [2.45, 2.75) is 63.6 Å². The molecule has 0 saturated carbocycles. The number of piperidine rings is 2. The summed E-state index contributed by atoms with van der Waals surface area (Å²) in [4.78, 5) is 14.4. The molecular weight excluding hydrogens is 288 g/mol. The first-order valence-electron chi connectivity index (χ1n) is 9.02. The van der Waals surface area contributed by atoms with E-state index in [-0.39, 0.29) is 5.91 Å². The maximum Gasteiger partial charge on any atom is 0.255 e. The van der Waals surface area contributed by atoms with E-state index < -0.39 is 0 Å². The van der Waals surface area contributed by atoms with Crippen molar-refractivity contribution in [3.63, 3.8) is 0 Å². The number of para-hydroxylation sites is 1. The van der Waals surface area contributed by atoms with Gasteiger partial charge in [0.2, 0.25) is 0 Å². The molecule has 2 aliphatic rings. The van der Waals surface area contributed by atoms with Crippen LogP contribution in [0.4, 0.5) is 0 Å². The molecule has 3 rings (SSSR count). The van der Waals surface area contributed by atoms with Crippen LogP contribution in [0.25, 0.3) is 0 Å². The SMILES string of the molecule is CCC[NH+]1[C@@H]2CCC[C@H]1CC(NC(=O)c1ccccc1OC)C2. The van der Waals surface area contributed by atoms with Crippen LogP contribution in [0, 0.1) is 0 Å². The van der Waals surface area contributed by atoms with Crippen molar-refractivity contribution >= 4 is 5.91 Å². The highest BCUT2D eigenvalue weighted by atomic mass is 16.5. The third-order valence-corrected chi connectivity index (χ3v) is 5.52. The van der Waals surface area contributed by atoms with E-state index in [1.165, 1.54) is 32.2 Å². The quantitative estimate of drug-likeness (QED) is 0.870. The molecule has 2 heterocycles. The van der Waals surface area contributed by atoms with Crippen LogP contribution in [0.2, 0.25) is 0 Å². The molecule has 1 aromatic rings. The zero-order chi connectivity index (χ0) is 16.2. The molecule has 0 aromatic heterocycles. The molecular formula is C19H29N2O2+. The predicted octanol–water partition coefficient (Wildman–Crippen LogP) is 1.80. The van der Waals surface area contributed by atoms with E-state index in [1.54, 1.807) is 12.0 Å². The lowest BCUT2D eigenvalue weighted by molar-refractivity contribution is -0.961. The molecule has 1 aromatic carbocycles. The molecule has 0 spiro atoms. The van der Waals surface area contributed by atoms with E-state index in [9.17, 15) is 4.79 Å². The number of rotatable bonds is 5. The maximum atomic E-state index is 12.6. The van der Waals surface area contributed by atoms with E-state index >= 15 is 0 Å². The number of methoxy groups -OCH3 is 1. The molecule has 2 fully saturated rings. The zero-order valence-electron chi connectivity index (χ0n) is 14.3. The third kappa shape index (κ3) is 3.52. The lowest BCUT2D eigenvalue weighted by Crippen LogP contribution is -3.21. The Morgan fingerprint density at radius 2 is 1.96 bits per heavy atom. The lowest BCUT2D eigenvalue weighted by Gasteiger charge is -2.46. The Hall–Kier alpha value is -1.55. The summed E-state index contributed by atoms with van der Waals surface area (Å²) in [7, 11) is 1.61. The van der Waals surface area contributed by atoms with Crippen molar-refractivity contribution in [3.05, 3.63) is 29.8 Å². The lowest BCUT2D eigenvalue weighted by atomic mass is 9.81. The number of carbonyl (C=O) groups excluding carboxylic acids is 1. The fourth-order valence-electron chi connectivity index (χ4n) is 4.55. The minimum Gasteiger partial charge on any atom is -0.496 e. The second-order valence-corrected chi connectivity index (χ2v) is 6.99. The largest absolute Gasteiger partial charge is 0.496 e. The monoisotopic (exact) mass is 317 g/mol. The van der Waals surface area contributed by atoms with Crippen molar-refractivity contribution in [2.24, 2.45) is 0 Å². The number of fused-ring (bicyclic) bond motifs is 2. The summed E-state index contributed by atoms with van der Waals surface area (Å²) in [6, 6.07) is 9.23. The first-order valence-corrected chi connectivity index (χ1v) is 9.02. The van der Waals surface area contributed by atoms with Gasteiger partial charge in [-0.25, -0.2) is 0 Å². The number of ether oxygens (including phenoxy) is 1. The molecule has 4 atom stereocenters. The number of amides is 1. The van der Waals surface area contributed by atoms with Gasteiger partial charge < -0.3 is 15.0 Å². The first-order chi connectivity index (χ1) is 11.2. The second-order valence-electron chi connectivity index (χ2n) is 6.99. The Labute approximate surface area is 139 Å². The van der Waals surface area contributed by atoms with E-state index in [0.717, 1.165) is 24.9 Å². The van der Waals surface area contributed by atoms with Crippen molar-refractivity contribution in [3.8, 4) is 5.75 Å². The number of carbonyl (C=O) groups is 1. The molecule has 2 bridgehead atoms. The summed E-state index contributed by atoms with van der Waals surface area (Å²) in [6.07, 6.45) is 7.47. The Morgan fingerprint density at radius 1 is 1.26 bits per heavy atom. The van der Waals surface area contributed by atoms with Crippen LogP contribution in [0.5, 0.6) is 5.75 Å². The van der Waals surface area contributed by atoms with Gasteiger partial charge in [-0.15, -0.1) is 0 Å².